The van der Waals surface area contributed by atoms with E-state index in [9.17, 15) is 35.1 Å². The van der Waals surface area contributed by atoms with E-state index < -0.39 is 47.5 Å². The molecular weight excluding hydrogens is 428 g/mol. The molecule has 2 aliphatic carbocycles. The van der Waals surface area contributed by atoms with E-state index in [1.807, 2.05) is 0 Å². The molecule has 5 rings (SSSR count). The van der Waals surface area contributed by atoms with Crippen LogP contribution in [0, 0.1) is 0 Å². The van der Waals surface area contributed by atoms with Crippen LogP contribution in [0.2, 0.25) is 0 Å². The first kappa shape index (κ1) is 22.0. The number of rotatable bonds is 1. The zero-order valence-electron chi connectivity index (χ0n) is 18.3. The van der Waals surface area contributed by atoms with E-state index in [1.165, 1.54) is 6.08 Å². The Bertz CT molecular complexity index is 1220. The zero-order valence-corrected chi connectivity index (χ0v) is 18.3. The molecule has 0 bridgehead atoms. The van der Waals surface area contributed by atoms with Gasteiger partial charge in [-0.05, 0) is 43.4 Å². The van der Waals surface area contributed by atoms with Crippen molar-refractivity contribution in [3.8, 4) is 11.5 Å². The SMILES string of the molecule is CC1=CC(=O)[C@H]2c3cc4ccc([C@H]5C[C@@H](O)[C@H](O)[C@@H](C)O5)c(O)c4c(O)c3C(=O)C[C@]2(O)C1. The molecular formula is C25H26O8. The Kier molecular flexibility index (Phi) is 4.92. The lowest BCUT2D eigenvalue weighted by Crippen LogP contribution is -2.48. The Labute approximate surface area is 189 Å². The first-order valence-electron chi connectivity index (χ1n) is 11.0. The molecule has 0 radical (unpaired) electrons. The number of allylic oxidation sites excluding steroid dienone is 1. The van der Waals surface area contributed by atoms with Crippen molar-refractivity contribution < 1.29 is 39.9 Å². The van der Waals surface area contributed by atoms with Gasteiger partial charge in [0.05, 0.1) is 40.8 Å². The second-order valence-electron chi connectivity index (χ2n) is 9.62. The van der Waals surface area contributed by atoms with Crippen molar-refractivity contribution in [2.45, 2.75) is 69.0 Å². The summed E-state index contributed by atoms with van der Waals surface area (Å²) in [5.74, 6) is -2.56. The number of carbonyl (C=O) groups excluding carboxylic acids is 2. The predicted molar refractivity (Wildman–Crippen MR) is 117 cm³/mol. The zero-order chi connectivity index (χ0) is 23.8. The average molecular weight is 454 g/mol. The van der Waals surface area contributed by atoms with E-state index in [2.05, 4.69) is 0 Å². The van der Waals surface area contributed by atoms with Crippen LogP contribution < -0.4 is 0 Å². The van der Waals surface area contributed by atoms with Crippen LogP contribution in [-0.4, -0.2) is 61.0 Å². The Morgan fingerprint density at radius 2 is 1.79 bits per heavy atom. The highest BCUT2D eigenvalue weighted by molar-refractivity contribution is 6.13. The van der Waals surface area contributed by atoms with Crippen molar-refractivity contribution >= 4 is 22.3 Å². The van der Waals surface area contributed by atoms with Gasteiger partial charge < -0.3 is 30.3 Å². The van der Waals surface area contributed by atoms with Crippen molar-refractivity contribution in [1.82, 2.24) is 0 Å². The number of aliphatic hydroxyl groups is 3. The van der Waals surface area contributed by atoms with Crippen LogP contribution in [0.1, 0.15) is 66.6 Å². The van der Waals surface area contributed by atoms with E-state index in [0.29, 0.717) is 16.5 Å². The second kappa shape index (κ2) is 7.36. The van der Waals surface area contributed by atoms with Gasteiger partial charge in [0, 0.05) is 18.4 Å². The lowest BCUT2D eigenvalue weighted by Gasteiger charge is -2.42. The van der Waals surface area contributed by atoms with E-state index >= 15 is 0 Å². The summed E-state index contributed by atoms with van der Waals surface area (Å²) < 4.78 is 5.76. The molecule has 1 heterocycles. The van der Waals surface area contributed by atoms with Crippen molar-refractivity contribution in [3.05, 3.63) is 46.5 Å². The monoisotopic (exact) mass is 454 g/mol. The van der Waals surface area contributed by atoms with E-state index in [4.69, 9.17) is 4.74 Å². The molecule has 5 N–H and O–H groups in total. The highest BCUT2D eigenvalue weighted by Gasteiger charge is 2.51. The molecule has 0 saturated carbocycles. The summed E-state index contributed by atoms with van der Waals surface area (Å²) >= 11 is 0. The largest absolute Gasteiger partial charge is 0.507 e. The van der Waals surface area contributed by atoms with Crippen LogP contribution >= 0.6 is 0 Å². The van der Waals surface area contributed by atoms with Gasteiger partial charge in [-0.15, -0.1) is 0 Å². The van der Waals surface area contributed by atoms with Crippen molar-refractivity contribution in [2.75, 3.05) is 0 Å². The van der Waals surface area contributed by atoms with Gasteiger partial charge in [0.1, 0.15) is 17.6 Å². The molecule has 174 valence electrons. The molecule has 2 aromatic carbocycles. The van der Waals surface area contributed by atoms with Gasteiger partial charge in [0.25, 0.3) is 0 Å². The van der Waals surface area contributed by atoms with Crippen LogP contribution in [0.15, 0.2) is 29.8 Å². The molecule has 8 nitrogen and oxygen atoms in total. The summed E-state index contributed by atoms with van der Waals surface area (Å²) in [5, 5.41) is 53.9. The fourth-order valence-electron chi connectivity index (χ4n) is 5.74. The number of hydrogen-bond donors (Lipinski definition) is 5. The molecule has 33 heavy (non-hydrogen) atoms. The van der Waals surface area contributed by atoms with Gasteiger partial charge in [-0.3, -0.25) is 9.59 Å². The predicted octanol–water partition coefficient (Wildman–Crippen LogP) is 2.14. The molecule has 8 heteroatoms. The smallest absolute Gasteiger partial charge is 0.169 e. The highest BCUT2D eigenvalue weighted by Crippen LogP contribution is 2.52. The molecule has 3 aliphatic rings. The highest BCUT2D eigenvalue weighted by atomic mass is 16.5. The van der Waals surface area contributed by atoms with Crippen LogP contribution in [0.3, 0.4) is 0 Å². The summed E-state index contributed by atoms with van der Waals surface area (Å²) in [6, 6.07) is 4.78. The number of aliphatic hydroxyl groups excluding tert-OH is 2. The van der Waals surface area contributed by atoms with Gasteiger partial charge >= 0.3 is 0 Å². The molecule has 1 saturated heterocycles. The van der Waals surface area contributed by atoms with Crippen LogP contribution in [0.5, 0.6) is 11.5 Å². The number of carbonyl (C=O) groups is 2. The molecule has 6 atom stereocenters. The van der Waals surface area contributed by atoms with Gasteiger partial charge in [-0.1, -0.05) is 17.7 Å². The van der Waals surface area contributed by atoms with Gasteiger partial charge in [-0.2, -0.15) is 0 Å². The minimum absolute atomic E-state index is 0.0388. The maximum atomic E-state index is 13.0. The van der Waals surface area contributed by atoms with Crippen molar-refractivity contribution in [2.24, 2.45) is 0 Å². The minimum atomic E-state index is -1.55. The number of Topliss-reactive ketones (excluding diaryl/α,β-unsaturated/α-hetero) is 1. The number of phenols is 2. The molecule has 0 aromatic heterocycles. The second-order valence-corrected chi connectivity index (χ2v) is 9.62. The maximum absolute atomic E-state index is 13.0. The molecule has 1 aliphatic heterocycles. The van der Waals surface area contributed by atoms with E-state index in [0.717, 1.165) is 0 Å². The summed E-state index contributed by atoms with van der Waals surface area (Å²) in [5.41, 5.74) is -0.371. The van der Waals surface area contributed by atoms with Crippen LogP contribution in [0.25, 0.3) is 10.8 Å². The third-order valence-electron chi connectivity index (χ3n) is 7.22. The molecule has 1 fully saturated rings. The van der Waals surface area contributed by atoms with Gasteiger partial charge in [0.15, 0.2) is 11.6 Å². The molecule has 0 spiro atoms. The molecule has 0 unspecified atom stereocenters. The first-order chi connectivity index (χ1) is 15.5. The van der Waals surface area contributed by atoms with Crippen LogP contribution in [-0.2, 0) is 9.53 Å². The van der Waals surface area contributed by atoms with Crippen molar-refractivity contribution in [3.63, 3.8) is 0 Å². The Morgan fingerprint density at radius 3 is 2.48 bits per heavy atom. The number of fused-ring (bicyclic) bond motifs is 4. The van der Waals surface area contributed by atoms with Gasteiger partial charge in [0.2, 0.25) is 0 Å². The fraction of sp³-hybridized carbons (Fsp3) is 0.440. The summed E-state index contributed by atoms with van der Waals surface area (Å²) in [7, 11) is 0. The van der Waals surface area contributed by atoms with E-state index in [1.54, 1.807) is 32.0 Å². The lowest BCUT2D eigenvalue weighted by atomic mass is 9.64. The van der Waals surface area contributed by atoms with Gasteiger partial charge in [-0.25, -0.2) is 0 Å². The summed E-state index contributed by atoms with van der Waals surface area (Å²) in [4.78, 5) is 25.9. The Morgan fingerprint density at radius 1 is 1.06 bits per heavy atom. The number of aromatic hydroxyl groups is 2. The Balaban J connectivity index is 1.67. The minimum Gasteiger partial charge on any atom is -0.507 e. The van der Waals surface area contributed by atoms with Crippen molar-refractivity contribution in [1.29, 1.82) is 0 Å². The number of ether oxygens (including phenoxy) is 1. The topological polar surface area (TPSA) is 145 Å². The molecule has 2 aromatic rings. The quantitative estimate of drug-likeness (QED) is 0.441. The third-order valence-corrected chi connectivity index (χ3v) is 7.22. The average Bonchev–Trinajstić information content (AvgIpc) is 2.70. The summed E-state index contributed by atoms with van der Waals surface area (Å²) in [6.45, 7) is 3.34. The fourth-order valence-corrected chi connectivity index (χ4v) is 5.74. The lowest BCUT2D eigenvalue weighted by molar-refractivity contribution is -0.163. The summed E-state index contributed by atoms with van der Waals surface area (Å²) in [6.07, 6.45) is -2.11. The first-order valence-corrected chi connectivity index (χ1v) is 11.0. The third kappa shape index (κ3) is 3.20. The number of hydrogen-bond acceptors (Lipinski definition) is 8. The molecule has 0 amide bonds. The number of benzene rings is 2. The normalized spacial score (nSPS) is 34.1. The number of phenolic OH excluding ortho intramolecular Hbond substituents is 2. The number of ketones is 2. The standard InChI is InChI=1S/C25H26O8/c1-10-5-15(26)21-14-6-12-3-4-13(18-7-16(27)22(29)11(2)33-18)23(30)19(12)24(31)20(14)17(28)9-25(21,32)8-10/h3-6,11,16,18,21-22,27,29-32H,7-9H2,1-2H3/t11-,16-,18-,21-,22-,25-/m1/s1. The maximum Gasteiger partial charge on any atom is 0.169 e. The Hall–Kier alpha value is -2.78. The van der Waals surface area contributed by atoms with Crippen LogP contribution in [0.4, 0.5) is 0 Å². The van der Waals surface area contributed by atoms with E-state index in [-0.39, 0.29) is 47.3 Å².